The van der Waals surface area contributed by atoms with Crippen molar-refractivity contribution in [3.63, 3.8) is 0 Å². The largest absolute Gasteiger partial charge is 0.481 e. The van der Waals surface area contributed by atoms with Crippen molar-refractivity contribution in [3.8, 4) is 0 Å². The molecule has 0 aromatic carbocycles. The molecule has 2 atom stereocenters. The van der Waals surface area contributed by atoms with Gasteiger partial charge >= 0.3 is 11.9 Å². The van der Waals surface area contributed by atoms with Crippen LogP contribution in [0.15, 0.2) is 0 Å². The number of carbonyl (C=O) groups is 2. The molecule has 1 fully saturated rings. The number of carboxylic acids is 2. The molecule has 5 heteroatoms. The van der Waals surface area contributed by atoms with Gasteiger partial charge in [-0.25, -0.2) is 0 Å². The first-order valence-electron chi connectivity index (χ1n) is 4.08. The Hall–Kier alpha value is 0.421. The topological polar surface area (TPSA) is 74.6 Å². The molecule has 0 saturated heterocycles. The molecule has 13 heavy (non-hydrogen) atoms. The van der Waals surface area contributed by atoms with E-state index < -0.39 is 23.8 Å². The molecule has 0 spiro atoms. The number of hydrogen-bond donors (Lipinski definition) is 2. The minimum Gasteiger partial charge on any atom is -0.481 e. The van der Waals surface area contributed by atoms with Crippen LogP contribution in [0.4, 0.5) is 0 Å². The molecule has 0 heterocycles. The van der Waals surface area contributed by atoms with Crippen LogP contribution >= 0.6 is 0 Å². The summed E-state index contributed by atoms with van der Waals surface area (Å²) in [4.78, 5) is 21.2. The summed E-state index contributed by atoms with van der Waals surface area (Å²) in [6.07, 6.45) is 2.68. The molecular weight excluding hydrogens is 248 g/mol. The van der Waals surface area contributed by atoms with Crippen LogP contribution < -0.4 is 0 Å². The van der Waals surface area contributed by atoms with E-state index >= 15 is 0 Å². The molecule has 4 nitrogen and oxygen atoms in total. The van der Waals surface area contributed by atoms with E-state index in [0.29, 0.717) is 12.8 Å². The molecule has 0 aromatic heterocycles. The summed E-state index contributed by atoms with van der Waals surface area (Å²) in [7, 11) is 0. The zero-order chi connectivity index (χ0) is 9.14. The van der Waals surface area contributed by atoms with Gasteiger partial charge in [0.15, 0.2) is 0 Å². The van der Waals surface area contributed by atoms with E-state index in [1.54, 1.807) is 0 Å². The minimum atomic E-state index is -0.970. The minimum absolute atomic E-state index is 0. The number of carboxylic acid groups (broad SMARTS) is 2. The maximum Gasteiger partial charge on any atom is 0.307 e. The molecule has 70 valence electrons. The molecule has 1 rings (SSSR count). The quantitative estimate of drug-likeness (QED) is 0.712. The van der Waals surface area contributed by atoms with Crippen LogP contribution in [0.5, 0.6) is 0 Å². The van der Waals surface area contributed by atoms with Crippen molar-refractivity contribution in [1.82, 2.24) is 0 Å². The monoisotopic (exact) mass is 260 g/mol. The standard InChI is InChI=1S/C8H12O4.Sr/c9-7(10)5-3-1-2-4-6(5)8(11)12;/h5-6H,1-4H2,(H,9,10)(H,11,12);. The molecule has 2 N–H and O–H groups in total. The second-order valence-electron chi connectivity index (χ2n) is 3.17. The maximum atomic E-state index is 10.6. The van der Waals surface area contributed by atoms with Crippen LogP contribution in [-0.4, -0.2) is 67.6 Å². The van der Waals surface area contributed by atoms with Gasteiger partial charge in [0.1, 0.15) is 0 Å². The Kier molecular flexibility index (Phi) is 6.20. The summed E-state index contributed by atoms with van der Waals surface area (Å²) < 4.78 is 0. The van der Waals surface area contributed by atoms with Gasteiger partial charge in [0, 0.05) is 45.5 Å². The molecule has 1 aliphatic rings. The Morgan fingerprint density at radius 2 is 1.23 bits per heavy atom. The second kappa shape index (κ2) is 6.01. The fourth-order valence-electron chi connectivity index (χ4n) is 1.72. The molecule has 2 unspecified atom stereocenters. The average molecular weight is 260 g/mol. The van der Waals surface area contributed by atoms with Gasteiger partial charge in [-0.05, 0) is 12.8 Å². The van der Waals surface area contributed by atoms with Gasteiger partial charge in [-0.2, -0.15) is 0 Å². The van der Waals surface area contributed by atoms with Gasteiger partial charge in [-0.1, -0.05) is 12.8 Å². The Morgan fingerprint density at radius 1 is 0.923 bits per heavy atom. The number of rotatable bonds is 2. The summed E-state index contributed by atoms with van der Waals surface area (Å²) in [5.41, 5.74) is 0. The second-order valence-corrected chi connectivity index (χ2v) is 3.17. The number of aliphatic carboxylic acids is 2. The Balaban J connectivity index is 0.00000144. The van der Waals surface area contributed by atoms with E-state index in [1.165, 1.54) is 0 Å². The molecule has 2 radical (unpaired) electrons. The molecule has 0 amide bonds. The first-order valence-corrected chi connectivity index (χ1v) is 4.08. The van der Waals surface area contributed by atoms with Crippen LogP contribution in [0.3, 0.4) is 0 Å². The van der Waals surface area contributed by atoms with Crippen LogP contribution in [0, 0.1) is 11.8 Å². The average Bonchev–Trinajstić information content (AvgIpc) is 2.04. The van der Waals surface area contributed by atoms with Gasteiger partial charge in [0.2, 0.25) is 0 Å². The zero-order valence-corrected chi connectivity index (χ0v) is 10.9. The SMILES string of the molecule is O=C(O)C1CCCCC1C(=O)O.[Sr]. The van der Waals surface area contributed by atoms with E-state index in [0.717, 1.165) is 12.8 Å². The number of hydrogen-bond acceptors (Lipinski definition) is 2. The summed E-state index contributed by atoms with van der Waals surface area (Å²) in [6, 6.07) is 0. The van der Waals surface area contributed by atoms with Gasteiger partial charge in [-0.15, -0.1) is 0 Å². The van der Waals surface area contributed by atoms with E-state index in [9.17, 15) is 9.59 Å². The van der Waals surface area contributed by atoms with Gasteiger partial charge < -0.3 is 10.2 Å². The van der Waals surface area contributed by atoms with E-state index in [1.807, 2.05) is 0 Å². The first kappa shape index (κ1) is 13.4. The van der Waals surface area contributed by atoms with Crippen molar-refractivity contribution in [2.45, 2.75) is 25.7 Å². The third-order valence-corrected chi connectivity index (χ3v) is 2.40. The molecule has 1 aliphatic carbocycles. The van der Waals surface area contributed by atoms with Gasteiger partial charge in [0.05, 0.1) is 11.8 Å². The van der Waals surface area contributed by atoms with Crippen LogP contribution in [0.2, 0.25) is 0 Å². The fraction of sp³-hybridized carbons (Fsp3) is 0.750. The summed E-state index contributed by atoms with van der Waals surface area (Å²) in [6.45, 7) is 0. The normalized spacial score (nSPS) is 27.4. The smallest absolute Gasteiger partial charge is 0.307 e. The third-order valence-electron chi connectivity index (χ3n) is 2.40. The van der Waals surface area contributed by atoms with Crippen molar-refractivity contribution in [3.05, 3.63) is 0 Å². The molecular formula is C8H12O4Sr. The van der Waals surface area contributed by atoms with E-state index in [4.69, 9.17) is 10.2 Å². The zero-order valence-electron chi connectivity index (χ0n) is 7.40. The molecule has 0 aliphatic heterocycles. The first-order chi connectivity index (χ1) is 5.63. The molecule has 1 saturated carbocycles. The van der Waals surface area contributed by atoms with Crippen molar-refractivity contribution in [1.29, 1.82) is 0 Å². The Labute approximate surface area is 114 Å². The predicted octanol–water partition coefficient (Wildman–Crippen LogP) is 0.581. The van der Waals surface area contributed by atoms with Gasteiger partial charge in [0.25, 0.3) is 0 Å². The Morgan fingerprint density at radius 3 is 1.46 bits per heavy atom. The van der Waals surface area contributed by atoms with Gasteiger partial charge in [-0.3, -0.25) is 9.59 Å². The van der Waals surface area contributed by atoms with Crippen molar-refractivity contribution < 1.29 is 19.8 Å². The van der Waals surface area contributed by atoms with Crippen LogP contribution in [0.25, 0.3) is 0 Å². The third kappa shape index (κ3) is 3.58. The van der Waals surface area contributed by atoms with Crippen molar-refractivity contribution in [2.24, 2.45) is 11.8 Å². The van der Waals surface area contributed by atoms with E-state index in [-0.39, 0.29) is 45.5 Å². The molecule has 0 bridgehead atoms. The summed E-state index contributed by atoms with van der Waals surface area (Å²) in [5.74, 6) is -3.28. The summed E-state index contributed by atoms with van der Waals surface area (Å²) >= 11 is 0. The van der Waals surface area contributed by atoms with Crippen molar-refractivity contribution >= 4 is 57.4 Å². The van der Waals surface area contributed by atoms with E-state index in [2.05, 4.69) is 0 Å². The fourth-order valence-corrected chi connectivity index (χ4v) is 1.72. The van der Waals surface area contributed by atoms with Crippen molar-refractivity contribution in [2.75, 3.05) is 0 Å². The maximum absolute atomic E-state index is 10.6. The Bertz CT molecular complexity index is 182. The van der Waals surface area contributed by atoms with Crippen LogP contribution in [-0.2, 0) is 9.59 Å². The van der Waals surface area contributed by atoms with Crippen LogP contribution in [0.1, 0.15) is 25.7 Å². The predicted molar refractivity (Wildman–Crippen MR) is 46.5 cm³/mol. The molecule has 0 aromatic rings. The summed E-state index contributed by atoms with van der Waals surface area (Å²) in [5, 5.41) is 17.4.